The maximum absolute atomic E-state index is 13.2. The van der Waals surface area contributed by atoms with Crippen LogP contribution in [0.3, 0.4) is 0 Å². The molecule has 0 aliphatic carbocycles. The Bertz CT molecular complexity index is 1200. The van der Waals surface area contributed by atoms with Gasteiger partial charge in [-0.2, -0.15) is 4.31 Å². The minimum absolute atomic E-state index is 0.0333. The predicted molar refractivity (Wildman–Crippen MR) is 121 cm³/mol. The fraction of sp³-hybridized carbons (Fsp3) is 0.208. The lowest BCUT2D eigenvalue weighted by Crippen LogP contribution is -2.51. The number of sulfonamides is 1. The van der Waals surface area contributed by atoms with Crippen molar-refractivity contribution >= 4 is 21.6 Å². The highest BCUT2D eigenvalue weighted by Crippen LogP contribution is 2.26. The first kappa shape index (κ1) is 23.0. The highest BCUT2D eigenvalue weighted by Gasteiger charge is 2.34. The van der Waals surface area contributed by atoms with Gasteiger partial charge in [0.15, 0.2) is 0 Å². The molecule has 1 unspecified atom stereocenters. The molecule has 1 N–H and O–H groups in total. The molecule has 0 aromatic heterocycles. The first-order valence-corrected chi connectivity index (χ1v) is 11.9. The molecule has 1 atom stereocenters. The highest BCUT2D eigenvalue weighted by atomic mass is 32.2. The van der Waals surface area contributed by atoms with Gasteiger partial charge in [0, 0.05) is 31.9 Å². The van der Waals surface area contributed by atoms with Crippen molar-refractivity contribution in [2.24, 2.45) is 0 Å². The van der Waals surface area contributed by atoms with Crippen LogP contribution in [0.5, 0.6) is 0 Å². The highest BCUT2D eigenvalue weighted by molar-refractivity contribution is 7.89. The second-order valence-electron chi connectivity index (χ2n) is 7.70. The Morgan fingerprint density at radius 3 is 1.91 bits per heavy atom. The summed E-state index contributed by atoms with van der Waals surface area (Å²) in [6.07, 6.45) is 0. The van der Waals surface area contributed by atoms with E-state index in [-0.39, 0.29) is 23.9 Å². The van der Waals surface area contributed by atoms with Crippen molar-refractivity contribution in [3.05, 3.63) is 96.1 Å². The summed E-state index contributed by atoms with van der Waals surface area (Å²) in [5.41, 5.74) is 1.24. The molecule has 3 aromatic carbocycles. The van der Waals surface area contributed by atoms with Crippen molar-refractivity contribution < 1.29 is 22.0 Å². The number of nitrogens with zero attached hydrogens (tertiary/aromatic N) is 2. The van der Waals surface area contributed by atoms with Gasteiger partial charge in [-0.3, -0.25) is 9.69 Å². The van der Waals surface area contributed by atoms with Gasteiger partial charge in [-0.1, -0.05) is 30.3 Å². The summed E-state index contributed by atoms with van der Waals surface area (Å²) >= 11 is 0. The van der Waals surface area contributed by atoms with E-state index in [1.807, 2.05) is 35.2 Å². The van der Waals surface area contributed by atoms with E-state index in [1.165, 1.54) is 40.7 Å². The molecule has 4 rings (SSSR count). The third-order valence-corrected chi connectivity index (χ3v) is 7.48. The number of hydrogen-bond donors (Lipinski definition) is 1. The Hall–Kier alpha value is -3.14. The van der Waals surface area contributed by atoms with Crippen molar-refractivity contribution in [2.45, 2.75) is 10.9 Å². The molecular formula is C24H23F2N3O3S. The maximum atomic E-state index is 13.2. The number of hydrogen-bond acceptors (Lipinski definition) is 4. The van der Waals surface area contributed by atoms with Crippen LogP contribution in [-0.2, 0) is 14.8 Å². The lowest BCUT2D eigenvalue weighted by atomic mass is 10.0. The summed E-state index contributed by atoms with van der Waals surface area (Å²) < 4.78 is 53.6. The van der Waals surface area contributed by atoms with E-state index in [0.717, 1.165) is 17.7 Å². The van der Waals surface area contributed by atoms with Crippen LogP contribution in [0.1, 0.15) is 11.6 Å². The van der Waals surface area contributed by atoms with Gasteiger partial charge in [0.05, 0.1) is 4.90 Å². The molecule has 1 fully saturated rings. The van der Waals surface area contributed by atoms with Gasteiger partial charge >= 0.3 is 0 Å². The van der Waals surface area contributed by atoms with Crippen LogP contribution in [0.15, 0.2) is 83.8 Å². The van der Waals surface area contributed by atoms with Crippen LogP contribution >= 0.6 is 0 Å². The number of halogens is 2. The molecule has 1 amide bonds. The maximum Gasteiger partial charge on any atom is 0.246 e. The van der Waals surface area contributed by atoms with E-state index in [1.54, 1.807) is 0 Å². The Balaban J connectivity index is 1.51. The van der Waals surface area contributed by atoms with Crippen LogP contribution in [-0.4, -0.2) is 49.7 Å². The number of benzene rings is 3. The smallest absolute Gasteiger partial charge is 0.246 e. The minimum atomic E-state index is -3.76. The average molecular weight is 472 g/mol. The second kappa shape index (κ2) is 9.78. The molecule has 0 saturated carbocycles. The van der Waals surface area contributed by atoms with Gasteiger partial charge in [-0.15, -0.1) is 0 Å². The normalized spacial score (nSPS) is 16.3. The zero-order valence-electron chi connectivity index (χ0n) is 17.7. The first-order chi connectivity index (χ1) is 15.8. The molecule has 0 spiro atoms. The minimum Gasteiger partial charge on any atom is -0.324 e. The standard InChI is InChI=1S/C24H23F2N3O3S/c25-19-6-10-21(11-7-19)27-24(30)23(18-4-2-1-3-5-18)28-14-16-29(17-15-28)33(31,32)22-12-8-20(26)9-13-22/h1-13,23H,14-17H2,(H,27,30). The van der Waals surface area contributed by atoms with Crippen LogP contribution < -0.4 is 5.32 Å². The third kappa shape index (κ3) is 5.27. The molecular weight excluding hydrogens is 448 g/mol. The molecule has 33 heavy (non-hydrogen) atoms. The Kier molecular flexibility index (Phi) is 6.83. The number of rotatable bonds is 6. The van der Waals surface area contributed by atoms with Gasteiger partial charge in [0.1, 0.15) is 17.7 Å². The van der Waals surface area contributed by atoms with Crippen LogP contribution in [0.25, 0.3) is 0 Å². The second-order valence-corrected chi connectivity index (χ2v) is 9.64. The Morgan fingerprint density at radius 1 is 0.788 bits per heavy atom. The SMILES string of the molecule is O=C(Nc1ccc(F)cc1)C(c1ccccc1)N1CCN(S(=O)(=O)c2ccc(F)cc2)CC1. The monoisotopic (exact) mass is 471 g/mol. The van der Waals surface area contributed by atoms with Crippen molar-refractivity contribution in [1.82, 2.24) is 9.21 Å². The summed E-state index contributed by atoms with van der Waals surface area (Å²) in [5, 5.41) is 2.82. The average Bonchev–Trinajstić information content (AvgIpc) is 2.82. The Morgan fingerprint density at radius 2 is 1.33 bits per heavy atom. The molecule has 9 heteroatoms. The van der Waals surface area contributed by atoms with Crippen molar-refractivity contribution in [3.63, 3.8) is 0 Å². The number of carbonyl (C=O) groups excluding carboxylic acids is 1. The molecule has 3 aromatic rings. The lowest BCUT2D eigenvalue weighted by Gasteiger charge is -2.38. The van der Waals surface area contributed by atoms with Gasteiger partial charge in [0.25, 0.3) is 0 Å². The van der Waals surface area contributed by atoms with E-state index < -0.39 is 27.7 Å². The van der Waals surface area contributed by atoms with E-state index in [4.69, 9.17) is 0 Å². The topological polar surface area (TPSA) is 69.7 Å². The fourth-order valence-corrected chi connectivity index (χ4v) is 5.29. The van der Waals surface area contributed by atoms with Crippen LogP contribution in [0, 0.1) is 11.6 Å². The molecule has 0 bridgehead atoms. The fourth-order valence-electron chi connectivity index (χ4n) is 3.86. The summed E-state index contributed by atoms with van der Waals surface area (Å²) in [6.45, 7) is 1.04. The number of amides is 1. The van der Waals surface area contributed by atoms with Gasteiger partial charge in [0.2, 0.25) is 15.9 Å². The lowest BCUT2D eigenvalue weighted by molar-refractivity contribution is -0.122. The quantitative estimate of drug-likeness (QED) is 0.596. The summed E-state index contributed by atoms with van der Waals surface area (Å²) in [7, 11) is -3.76. The molecule has 172 valence electrons. The number of carbonyl (C=O) groups is 1. The zero-order chi connectivity index (χ0) is 23.4. The largest absolute Gasteiger partial charge is 0.324 e. The molecule has 0 radical (unpaired) electrons. The van der Waals surface area contributed by atoms with Gasteiger partial charge < -0.3 is 5.32 Å². The van der Waals surface area contributed by atoms with E-state index in [9.17, 15) is 22.0 Å². The molecule has 1 saturated heterocycles. The van der Waals surface area contributed by atoms with Gasteiger partial charge in [-0.05, 0) is 54.1 Å². The summed E-state index contributed by atoms with van der Waals surface area (Å²) in [6, 6.07) is 18.8. The van der Waals surface area contributed by atoms with E-state index in [0.29, 0.717) is 18.8 Å². The number of anilines is 1. The van der Waals surface area contributed by atoms with Crippen molar-refractivity contribution in [3.8, 4) is 0 Å². The molecule has 1 aliphatic heterocycles. The first-order valence-electron chi connectivity index (χ1n) is 10.5. The van der Waals surface area contributed by atoms with Crippen LogP contribution in [0.2, 0.25) is 0 Å². The van der Waals surface area contributed by atoms with Crippen molar-refractivity contribution in [1.29, 1.82) is 0 Å². The van der Waals surface area contributed by atoms with Crippen LogP contribution in [0.4, 0.5) is 14.5 Å². The van der Waals surface area contributed by atoms with Gasteiger partial charge in [-0.25, -0.2) is 17.2 Å². The summed E-state index contributed by atoms with van der Waals surface area (Å²) in [4.78, 5) is 15.2. The number of nitrogens with one attached hydrogen (secondary N) is 1. The molecule has 1 aliphatic rings. The molecule has 6 nitrogen and oxygen atoms in total. The zero-order valence-corrected chi connectivity index (χ0v) is 18.5. The van der Waals surface area contributed by atoms with E-state index >= 15 is 0 Å². The summed E-state index contributed by atoms with van der Waals surface area (Å²) in [5.74, 6) is -1.19. The molecule has 1 heterocycles. The van der Waals surface area contributed by atoms with E-state index in [2.05, 4.69) is 5.32 Å². The predicted octanol–water partition coefficient (Wildman–Crippen LogP) is 3.65. The van der Waals surface area contributed by atoms with Crippen molar-refractivity contribution in [2.75, 3.05) is 31.5 Å². The third-order valence-electron chi connectivity index (χ3n) is 5.57. The number of piperazine rings is 1. The Labute approximate surface area is 191 Å².